The molecular formula is C12H15BrN2. The SMILES string of the molecule is CCCn1c(CC)nc2cc(Br)ccc21. The maximum absolute atomic E-state index is 4.64. The summed E-state index contributed by atoms with van der Waals surface area (Å²) in [6.45, 7) is 5.41. The number of benzene rings is 1. The van der Waals surface area contributed by atoms with Gasteiger partial charge in [0.15, 0.2) is 0 Å². The van der Waals surface area contributed by atoms with E-state index in [0.29, 0.717) is 0 Å². The summed E-state index contributed by atoms with van der Waals surface area (Å²) in [5.74, 6) is 1.19. The Labute approximate surface area is 98.4 Å². The van der Waals surface area contributed by atoms with Crippen LogP contribution >= 0.6 is 15.9 Å². The predicted octanol–water partition coefficient (Wildman–Crippen LogP) is 3.77. The molecule has 0 aliphatic heterocycles. The zero-order valence-corrected chi connectivity index (χ0v) is 10.7. The summed E-state index contributed by atoms with van der Waals surface area (Å²) in [7, 11) is 0. The minimum atomic E-state index is 0.992. The van der Waals surface area contributed by atoms with E-state index in [1.54, 1.807) is 0 Å². The molecule has 3 heteroatoms. The minimum Gasteiger partial charge on any atom is -0.328 e. The van der Waals surface area contributed by atoms with Gasteiger partial charge in [-0.3, -0.25) is 0 Å². The molecule has 0 fully saturated rings. The van der Waals surface area contributed by atoms with Gasteiger partial charge in [0.05, 0.1) is 11.0 Å². The monoisotopic (exact) mass is 266 g/mol. The molecule has 0 atom stereocenters. The fourth-order valence-corrected chi connectivity index (χ4v) is 2.24. The molecule has 0 N–H and O–H groups in total. The van der Waals surface area contributed by atoms with E-state index < -0.39 is 0 Å². The number of imidazole rings is 1. The number of fused-ring (bicyclic) bond motifs is 1. The van der Waals surface area contributed by atoms with Crippen LogP contribution < -0.4 is 0 Å². The molecule has 15 heavy (non-hydrogen) atoms. The molecule has 0 amide bonds. The third-order valence-corrected chi connectivity index (χ3v) is 3.05. The van der Waals surface area contributed by atoms with E-state index in [2.05, 4.69) is 57.5 Å². The molecule has 2 nitrogen and oxygen atoms in total. The van der Waals surface area contributed by atoms with Gasteiger partial charge in [0.2, 0.25) is 0 Å². The fraction of sp³-hybridized carbons (Fsp3) is 0.417. The van der Waals surface area contributed by atoms with Crippen molar-refractivity contribution in [3.05, 3.63) is 28.5 Å². The third-order valence-electron chi connectivity index (χ3n) is 2.55. The maximum atomic E-state index is 4.64. The second kappa shape index (κ2) is 4.35. The van der Waals surface area contributed by atoms with Crippen molar-refractivity contribution in [2.75, 3.05) is 0 Å². The van der Waals surface area contributed by atoms with Gasteiger partial charge in [0, 0.05) is 17.4 Å². The van der Waals surface area contributed by atoms with E-state index in [0.717, 1.165) is 29.4 Å². The largest absolute Gasteiger partial charge is 0.328 e. The lowest BCUT2D eigenvalue weighted by atomic mass is 10.3. The zero-order valence-electron chi connectivity index (χ0n) is 9.13. The highest BCUT2D eigenvalue weighted by molar-refractivity contribution is 9.10. The van der Waals surface area contributed by atoms with Crippen LogP contribution in [-0.2, 0) is 13.0 Å². The van der Waals surface area contributed by atoms with Crippen molar-refractivity contribution < 1.29 is 0 Å². The smallest absolute Gasteiger partial charge is 0.109 e. The number of aromatic nitrogens is 2. The molecule has 2 rings (SSSR count). The topological polar surface area (TPSA) is 17.8 Å². The molecule has 0 unspecified atom stereocenters. The van der Waals surface area contributed by atoms with Crippen molar-refractivity contribution in [1.82, 2.24) is 9.55 Å². The quantitative estimate of drug-likeness (QED) is 0.827. The number of rotatable bonds is 3. The van der Waals surface area contributed by atoms with Crippen LogP contribution in [0.3, 0.4) is 0 Å². The van der Waals surface area contributed by atoms with Crippen molar-refractivity contribution >= 4 is 27.0 Å². The van der Waals surface area contributed by atoms with Gasteiger partial charge < -0.3 is 4.57 Å². The lowest BCUT2D eigenvalue weighted by molar-refractivity contribution is 0.659. The summed E-state index contributed by atoms with van der Waals surface area (Å²) in [4.78, 5) is 4.64. The Balaban J connectivity index is 2.63. The molecule has 1 aromatic heterocycles. The summed E-state index contributed by atoms with van der Waals surface area (Å²) in [5.41, 5.74) is 2.34. The van der Waals surface area contributed by atoms with E-state index in [1.165, 1.54) is 11.3 Å². The van der Waals surface area contributed by atoms with E-state index in [9.17, 15) is 0 Å². The van der Waals surface area contributed by atoms with E-state index in [4.69, 9.17) is 0 Å². The van der Waals surface area contributed by atoms with Crippen molar-refractivity contribution in [3.8, 4) is 0 Å². The van der Waals surface area contributed by atoms with E-state index >= 15 is 0 Å². The van der Waals surface area contributed by atoms with E-state index in [1.807, 2.05) is 0 Å². The first-order chi connectivity index (χ1) is 7.26. The lowest BCUT2D eigenvalue weighted by Gasteiger charge is -2.05. The third kappa shape index (κ3) is 1.93. The van der Waals surface area contributed by atoms with Crippen LogP contribution in [0.4, 0.5) is 0 Å². The zero-order chi connectivity index (χ0) is 10.8. The molecule has 0 aliphatic carbocycles. The van der Waals surface area contributed by atoms with Gasteiger partial charge in [-0.15, -0.1) is 0 Å². The molecule has 1 aromatic carbocycles. The molecular weight excluding hydrogens is 252 g/mol. The highest BCUT2D eigenvalue weighted by Gasteiger charge is 2.08. The number of nitrogens with zero attached hydrogens (tertiary/aromatic N) is 2. The normalized spacial score (nSPS) is 11.1. The van der Waals surface area contributed by atoms with Gasteiger partial charge in [-0.1, -0.05) is 29.8 Å². The fourth-order valence-electron chi connectivity index (χ4n) is 1.90. The van der Waals surface area contributed by atoms with Crippen LogP contribution in [0.2, 0.25) is 0 Å². The number of hydrogen-bond donors (Lipinski definition) is 0. The molecule has 1 heterocycles. The standard InChI is InChI=1S/C12H15BrN2/c1-3-7-15-11-6-5-9(13)8-10(11)14-12(15)4-2/h5-6,8H,3-4,7H2,1-2H3. The summed E-state index contributed by atoms with van der Waals surface area (Å²) < 4.78 is 3.42. The Kier molecular flexibility index (Phi) is 3.10. The lowest BCUT2D eigenvalue weighted by Crippen LogP contribution is -2.01. The average Bonchev–Trinajstić information content (AvgIpc) is 2.56. The second-order valence-electron chi connectivity index (χ2n) is 3.67. The van der Waals surface area contributed by atoms with Crippen LogP contribution in [0.5, 0.6) is 0 Å². The van der Waals surface area contributed by atoms with Gasteiger partial charge in [-0.05, 0) is 24.6 Å². The molecule has 2 aromatic rings. The van der Waals surface area contributed by atoms with Gasteiger partial charge >= 0.3 is 0 Å². The number of aryl methyl sites for hydroxylation is 2. The Morgan fingerprint density at radius 2 is 2.13 bits per heavy atom. The van der Waals surface area contributed by atoms with Gasteiger partial charge in [0.1, 0.15) is 5.82 Å². The van der Waals surface area contributed by atoms with Crippen LogP contribution in [0.1, 0.15) is 26.1 Å². The summed E-state index contributed by atoms with van der Waals surface area (Å²) >= 11 is 3.48. The van der Waals surface area contributed by atoms with Crippen LogP contribution in [0.15, 0.2) is 22.7 Å². The molecule has 80 valence electrons. The Morgan fingerprint density at radius 1 is 1.33 bits per heavy atom. The van der Waals surface area contributed by atoms with Crippen LogP contribution in [0.25, 0.3) is 11.0 Å². The Bertz CT molecular complexity index is 474. The van der Waals surface area contributed by atoms with E-state index in [-0.39, 0.29) is 0 Å². The summed E-state index contributed by atoms with van der Waals surface area (Å²) in [5, 5.41) is 0. The first-order valence-corrected chi connectivity index (χ1v) is 6.20. The highest BCUT2D eigenvalue weighted by Crippen LogP contribution is 2.21. The van der Waals surface area contributed by atoms with Gasteiger partial charge in [-0.2, -0.15) is 0 Å². The minimum absolute atomic E-state index is 0.992. The van der Waals surface area contributed by atoms with Gasteiger partial charge in [0.25, 0.3) is 0 Å². The second-order valence-corrected chi connectivity index (χ2v) is 4.58. The maximum Gasteiger partial charge on any atom is 0.109 e. The van der Waals surface area contributed by atoms with Crippen molar-refractivity contribution in [2.24, 2.45) is 0 Å². The molecule has 0 spiro atoms. The predicted molar refractivity (Wildman–Crippen MR) is 67.1 cm³/mol. The van der Waals surface area contributed by atoms with Crippen molar-refractivity contribution in [2.45, 2.75) is 33.2 Å². The van der Waals surface area contributed by atoms with Crippen molar-refractivity contribution in [3.63, 3.8) is 0 Å². The summed E-state index contributed by atoms with van der Waals surface area (Å²) in [6.07, 6.45) is 2.14. The average molecular weight is 267 g/mol. The summed E-state index contributed by atoms with van der Waals surface area (Å²) in [6, 6.07) is 6.30. The van der Waals surface area contributed by atoms with Gasteiger partial charge in [-0.25, -0.2) is 4.98 Å². The first-order valence-electron chi connectivity index (χ1n) is 5.41. The Morgan fingerprint density at radius 3 is 2.80 bits per heavy atom. The Hall–Kier alpha value is -0.830. The van der Waals surface area contributed by atoms with Crippen LogP contribution in [-0.4, -0.2) is 9.55 Å². The first kappa shape index (κ1) is 10.7. The molecule has 0 aliphatic rings. The molecule has 0 radical (unpaired) electrons. The number of halogens is 1. The number of hydrogen-bond acceptors (Lipinski definition) is 1. The molecule has 0 saturated heterocycles. The molecule has 0 saturated carbocycles. The molecule has 0 bridgehead atoms. The highest BCUT2D eigenvalue weighted by atomic mass is 79.9. The van der Waals surface area contributed by atoms with Crippen LogP contribution in [0, 0.1) is 0 Å². The van der Waals surface area contributed by atoms with Crippen molar-refractivity contribution in [1.29, 1.82) is 0 Å².